The first-order valence-electron chi connectivity index (χ1n) is 10.9. The minimum Gasteiger partial charge on any atom is -0.480 e. The summed E-state index contributed by atoms with van der Waals surface area (Å²) in [5.41, 5.74) is 3.44. The van der Waals surface area contributed by atoms with E-state index in [9.17, 15) is 9.18 Å². The predicted octanol–water partition coefficient (Wildman–Crippen LogP) is 3.51. The molecule has 10 heteroatoms. The van der Waals surface area contributed by atoms with Gasteiger partial charge in [0.25, 0.3) is 5.91 Å². The molecule has 5 rings (SSSR count). The minimum absolute atomic E-state index is 0.209. The maximum Gasteiger partial charge on any atom is 0.257 e. The van der Waals surface area contributed by atoms with Crippen molar-refractivity contribution >= 4 is 40.2 Å². The molecule has 1 unspecified atom stereocenters. The first-order chi connectivity index (χ1) is 16.5. The normalized spacial score (nSPS) is 16.1. The number of pyridine rings is 1. The average molecular weight is 462 g/mol. The van der Waals surface area contributed by atoms with E-state index in [1.807, 2.05) is 12.3 Å². The number of carbonyl (C=O) groups excluding carboxylic acids is 1. The van der Waals surface area contributed by atoms with E-state index in [1.54, 1.807) is 36.8 Å². The molecule has 1 amide bonds. The highest BCUT2D eigenvalue weighted by Crippen LogP contribution is 2.32. The summed E-state index contributed by atoms with van der Waals surface area (Å²) in [6.45, 7) is 3.43. The van der Waals surface area contributed by atoms with Crippen molar-refractivity contribution in [1.82, 2.24) is 19.4 Å². The molecule has 0 saturated carbocycles. The van der Waals surface area contributed by atoms with Crippen molar-refractivity contribution in [3.8, 4) is 5.88 Å². The summed E-state index contributed by atoms with van der Waals surface area (Å²) in [6, 6.07) is 4.86. The standard InChI is InChI=1S/C24H24FN7O2/c1-14-11-32-13-16(8-18(25)23(32)28-14)29-24(33)17-4-5-19(31-7-6-15(12-31)9-26-2)22-21(17)27-10-20(30-22)34-3/h4-5,8-11,13,15H,6-7,12H2,1-3H3,(H,29,33)/b26-9+. The molecule has 34 heavy (non-hydrogen) atoms. The third-order valence-corrected chi connectivity index (χ3v) is 5.92. The van der Waals surface area contributed by atoms with Gasteiger partial charge in [-0.1, -0.05) is 0 Å². The molecule has 0 spiro atoms. The number of imidazole rings is 1. The quantitative estimate of drug-likeness (QED) is 0.457. The first kappa shape index (κ1) is 21.7. The maximum atomic E-state index is 14.5. The van der Waals surface area contributed by atoms with Crippen LogP contribution in [-0.4, -0.2) is 58.7 Å². The lowest BCUT2D eigenvalue weighted by molar-refractivity contribution is 0.102. The van der Waals surface area contributed by atoms with Crippen molar-refractivity contribution in [2.45, 2.75) is 13.3 Å². The van der Waals surface area contributed by atoms with Crippen molar-refractivity contribution in [2.75, 3.05) is 37.5 Å². The van der Waals surface area contributed by atoms with Gasteiger partial charge in [-0.15, -0.1) is 0 Å². The van der Waals surface area contributed by atoms with Gasteiger partial charge in [-0.3, -0.25) is 4.79 Å². The Balaban J connectivity index is 1.52. The third-order valence-electron chi connectivity index (χ3n) is 5.92. The molecular weight excluding hydrogens is 437 g/mol. The van der Waals surface area contributed by atoms with Crippen LogP contribution < -0.4 is 15.0 Å². The van der Waals surface area contributed by atoms with E-state index in [2.05, 4.69) is 30.2 Å². The summed E-state index contributed by atoms with van der Waals surface area (Å²) in [7, 11) is 3.30. The number of methoxy groups -OCH3 is 1. The van der Waals surface area contributed by atoms with Gasteiger partial charge < -0.3 is 24.3 Å². The van der Waals surface area contributed by atoms with E-state index in [1.165, 1.54) is 19.4 Å². The van der Waals surface area contributed by atoms with Gasteiger partial charge in [0.1, 0.15) is 11.0 Å². The zero-order valence-electron chi connectivity index (χ0n) is 19.1. The molecule has 0 bridgehead atoms. The Morgan fingerprint density at radius 1 is 1.29 bits per heavy atom. The van der Waals surface area contributed by atoms with Crippen LogP contribution in [0.15, 0.2) is 41.8 Å². The summed E-state index contributed by atoms with van der Waals surface area (Å²) < 4.78 is 21.3. The second-order valence-corrected chi connectivity index (χ2v) is 8.29. The Morgan fingerprint density at radius 2 is 2.15 bits per heavy atom. The van der Waals surface area contributed by atoms with Crippen molar-refractivity contribution in [2.24, 2.45) is 10.9 Å². The average Bonchev–Trinajstić information content (AvgIpc) is 3.44. The maximum absolute atomic E-state index is 14.5. The van der Waals surface area contributed by atoms with E-state index in [-0.39, 0.29) is 5.65 Å². The van der Waals surface area contributed by atoms with Crippen LogP contribution >= 0.6 is 0 Å². The molecular formula is C24H24FN7O2. The van der Waals surface area contributed by atoms with E-state index >= 15 is 0 Å². The number of aromatic nitrogens is 4. The van der Waals surface area contributed by atoms with Gasteiger partial charge in [-0.05, 0) is 25.5 Å². The molecule has 1 saturated heterocycles. The summed E-state index contributed by atoms with van der Waals surface area (Å²) in [6.07, 6.45) is 7.76. The number of nitrogens with one attached hydrogen (secondary N) is 1. The molecule has 1 atom stereocenters. The van der Waals surface area contributed by atoms with Gasteiger partial charge >= 0.3 is 0 Å². The number of anilines is 2. The monoisotopic (exact) mass is 461 g/mol. The van der Waals surface area contributed by atoms with Gasteiger partial charge in [-0.2, -0.15) is 0 Å². The van der Waals surface area contributed by atoms with Crippen LogP contribution in [0.4, 0.5) is 15.8 Å². The lowest BCUT2D eigenvalue weighted by Crippen LogP contribution is -2.21. The van der Waals surface area contributed by atoms with Crippen LogP contribution in [0.5, 0.6) is 5.88 Å². The summed E-state index contributed by atoms with van der Waals surface area (Å²) in [5.74, 6) is -0.211. The number of hydrogen-bond donors (Lipinski definition) is 1. The van der Waals surface area contributed by atoms with Gasteiger partial charge in [-0.25, -0.2) is 19.3 Å². The summed E-state index contributed by atoms with van der Waals surface area (Å²) in [4.78, 5) is 32.8. The fourth-order valence-corrected chi connectivity index (χ4v) is 4.39. The highest BCUT2D eigenvalue weighted by molar-refractivity contribution is 6.13. The number of amides is 1. The van der Waals surface area contributed by atoms with E-state index in [4.69, 9.17) is 4.74 Å². The minimum atomic E-state index is -0.519. The van der Waals surface area contributed by atoms with E-state index < -0.39 is 11.7 Å². The molecule has 0 radical (unpaired) electrons. The molecule has 1 aliphatic heterocycles. The molecule has 174 valence electrons. The molecule has 1 fully saturated rings. The van der Waals surface area contributed by atoms with Crippen molar-refractivity contribution in [3.63, 3.8) is 0 Å². The van der Waals surface area contributed by atoms with Crippen LogP contribution in [0.3, 0.4) is 0 Å². The van der Waals surface area contributed by atoms with Crippen molar-refractivity contribution in [1.29, 1.82) is 0 Å². The zero-order valence-corrected chi connectivity index (χ0v) is 19.1. The molecule has 4 heterocycles. The van der Waals surface area contributed by atoms with Crippen molar-refractivity contribution in [3.05, 3.63) is 53.9 Å². The number of carbonyl (C=O) groups is 1. The molecule has 1 aromatic carbocycles. The number of aliphatic imine (C=N–C) groups is 1. The third kappa shape index (κ3) is 3.91. The Kier molecular flexibility index (Phi) is 5.56. The second-order valence-electron chi connectivity index (χ2n) is 8.29. The molecule has 0 aliphatic carbocycles. The smallest absolute Gasteiger partial charge is 0.257 e. The Hall–Kier alpha value is -4.08. The molecule has 1 N–H and O–H groups in total. The van der Waals surface area contributed by atoms with Crippen molar-refractivity contribution < 1.29 is 13.9 Å². The lowest BCUT2D eigenvalue weighted by atomic mass is 10.1. The highest BCUT2D eigenvalue weighted by Gasteiger charge is 2.25. The van der Waals surface area contributed by atoms with Gasteiger partial charge in [0.2, 0.25) is 5.88 Å². The van der Waals surface area contributed by atoms with Crippen LogP contribution in [0.1, 0.15) is 22.5 Å². The summed E-state index contributed by atoms with van der Waals surface area (Å²) in [5, 5.41) is 2.78. The number of ether oxygens (including phenoxy) is 1. The SMILES string of the molecule is C/N=C/C1CCN(c2ccc(C(=O)Nc3cc(F)c4nc(C)cn4c3)c3ncc(OC)nc23)C1. The number of hydrogen-bond acceptors (Lipinski definition) is 7. The highest BCUT2D eigenvalue weighted by atomic mass is 19.1. The second kappa shape index (κ2) is 8.69. The largest absolute Gasteiger partial charge is 0.480 e. The number of fused-ring (bicyclic) bond motifs is 2. The fourth-order valence-electron chi connectivity index (χ4n) is 4.39. The van der Waals surface area contributed by atoms with Crippen LogP contribution in [0.2, 0.25) is 0 Å². The van der Waals surface area contributed by atoms with Gasteiger partial charge in [0.05, 0.1) is 35.9 Å². The number of benzene rings is 1. The molecule has 9 nitrogen and oxygen atoms in total. The lowest BCUT2D eigenvalue weighted by Gasteiger charge is -2.20. The number of halogens is 1. The topological polar surface area (TPSA) is 97.0 Å². The number of nitrogens with zero attached hydrogens (tertiary/aromatic N) is 6. The Morgan fingerprint density at radius 3 is 2.94 bits per heavy atom. The van der Waals surface area contributed by atoms with Crippen LogP contribution in [0.25, 0.3) is 16.7 Å². The van der Waals surface area contributed by atoms with Gasteiger partial charge in [0.15, 0.2) is 11.5 Å². The molecule has 3 aromatic heterocycles. The van der Waals surface area contributed by atoms with E-state index in [0.717, 1.165) is 25.2 Å². The summed E-state index contributed by atoms with van der Waals surface area (Å²) >= 11 is 0. The van der Waals surface area contributed by atoms with Crippen LogP contribution in [0, 0.1) is 18.7 Å². The fraction of sp³-hybridized carbons (Fsp3) is 0.292. The molecule has 1 aliphatic rings. The first-order valence-corrected chi connectivity index (χ1v) is 10.9. The van der Waals surface area contributed by atoms with E-state index in [0.29, 0.717) is 39.8 Å². The Bertz CT molecular complexity index is 1430. The Labute approximate surface area is 195 Å². The molecule has 4 aromatic rings. The van der Waals surface area contributed by atoms with Gasteiger partial charge in [0, 0.05) is 50.7 Å². The number of rotatable bonds is 5. The predicted molar refractivity (Wildman–Crippen MR) is 129 cm³/mol. The zero-order chi connectivity index (χ0) is 23.8. The number of aryl methyl sites for hydroxylation is 1. The van der Waals surface area contributed by atoms with Crippen LogP contribution in [-0.2, 0) is 0 Å².